The van der Waals surface area contributed by atoms with Gasteiger partial charge in [-0.2, -0.15) is 4.91 Å². The van der Waals surface area contributed by atoms with Crippen molar-refractivity contribution < 1.29 is 9.53 Å². The fourth-order valence-electron chi connectivity index (χ4n) is 1.27. The van der Waals surface area contributed by atoms with Crippen molar-refractivity contribution in [3.63, 3.8) is 0 Å². The predicted molar refractivity (Wildman–Crippen MR) is 55.3 cm³/mol. The standard InChI is InChI=1S/C10H12N2O3/c11-10(13)15-9(7-12-14)6-8-4-2-1-3-5-8/h1-5,9H,6-7H2,(H2,11,13). The number of hydrogen-bond acceptors (Lipinski definition) is 4. The molecule has 2 N–H and O–H groups in total. The Morgan fingerprint density at radius 2 is 2.07 bits per heavy atom. The SMILES string of the molecule is NC(=O)OC(CN=O)Cc1ccccc1. The number of amides is 1. The van der Waals surface area contributed by atoms with E-state index in [-0.39, 0.29) is 6.54 Å². The maximum Gasteiger partial charge on any atom is 0.404 e. The number of hydrogen-bond donors (Lipinski definition) is 1. The molecule has 5 nitrogen and oxygen atoms in total. The summed E-state index contributed by atoms with van der Waals surface area (Å²) in [5.74, 6) is 0. The Morgan fingerprint density at radius 1 is 1.40 bits per heavy atom. The van der Waals surface area contributed by atoms with E-state index in [0.717, 1.165) is 5.56 Å². The lowest BCUT2D eigenvalue weighted by atomic mass is 10.1. The smallest absolute Gasteiger partial charge is 0.404 e. The number of carbonyl (C=O) groups excluding carboxylic acids is 1. The number of ether oxygens (including phenoxy) is 1. The second kappa shape index (κ2) is 5.74. The monoisotopic (exact) mass is 208 g/mol. The van der Waals surface area contributed by atoms with Crippen LogP contribution in [0.3, 0.4) is 0 Å². The van der Waals surface area contributed by atoms with Crippen LogP contribution in [0.5, 0.6) is 0 Å². The Balaban J connectivity index is 2.58. The Bertz CT molecular complexity index is 327. The number of primary amides is 1. The second-order valence-corrected chi connectivity index (χ2v) is 3.06. The van der Waals surface area contributed by atoms with Gasteiger partial charge >= 0.3 is 6.09 Å². The first-order valence-electron chi connectivity index (χ1n) is 4.51. The molecule has 1 aromatic carbocycles. The number of benzene rings is 1. The fourth-order valence-corrected chi connectivity index (χ4v) is 1.27. The van der Waals surface area contributed by atoms with E-state index >= 15 is 0 Å². The molecule has 0 aliphatic rings. The van der Waals surface area contributed by atoms with Crippen molar-refractivity contribution in [1.29, 1.82) is 0 Å². The molecule has 0 spiro atoms. The van der Waals surface area contributed by atoms with Crippen molar-refractivity contribution in [3.8, 4) is 0 Å². The van der Waals surface area contributed by atoms with E-state index in [1.54, 1.807) is 0 Å². The van der Waals surface area contributed by atoms with E-state index in [1.165, 1.54) is 0 Å². The van der Waals surface area contributed by atoms with Gasteiger partial charge in [-0.1, -0.05) is 35.5 Å². The molecule has 0 aliphatic heterocycles. The van der Waals surface area contributed by atoms with Crippen LogP contribution in [0.25, 0.3) is 0 Å². The van der Waals surface area contributed by atoms with Crippen molar-refractivity contribution >= 4 is 6.09 Å². The molecular formula is C10H12N2O3. The Hall–Kier alpha value is -1.91. The van der Waals surface area contributed by atoms with Crippen LogP contribution < -0.4 is 5.73 Å². The molecule has 1 unspecified atom stereocenters. The number of nitroso groups, excluding NO2 is 1. The molecule has 0 aromatic heterocycles. The quantitative estimate of drug-likeness (QED) is 0.743. The third kappa shape index (κ3) is 4.21. The second-order valence-electron chi connectivity index (χ2n) is 3.06. The molecule has 0 fully saturated rings. The van der Waals surface area contributed by atoms with Gasteiger partial charge in [0.1, 0.15) is 12.6 Å². The highest BCUT2D eigenvalue weighted by Gasteiger charge is 2.13. The highest BCUT2D eigenvalue weighted by molar-refractivity contribution is 5.64. The van der Waals surface area contributed by atoms with Gasteiger partial charge in [0.2, 0.25) is 0 Å². The molecule has 0 radical (unpaired) electrons. The number of rotatable bonds is 5. The lowest BCUT2D eigenvalue weighted by molar-refractivity contribution is 0.111. The highest BCUT2D eigenvalue weighted by Crippen LogP contribution is 2.06. The van der Waals surface area contributed by atoms with Crippen molar-refractivity contribution in [2.75, 3.05) is 6.54 Å². The Kier molecular flexibility index (Phi) is 4.28. The molecule has 0 saturated heterocycles. The maximum atomic E-state index is 10.5. The zero-order valence-electron chi connectivity index (χ0n) is 8.13. The minimum absolute atomic E-state index is 0.0855. The molecular weight excluding hydrogens is 196 g/mol. The van der Waals surface area contributed by atoms with Crippen LogP contribution in [0.15, 0.2) is 35.5 Å². The van der Waals surface area contributed by atoms with Gasteiger partial charge in [0, 0.05) is 6.42 Å². The maximum absolute atomic E-state index is 10.5. The summed E-state index contributed by atoms with van der Waals surface area (Å²) in [5.41, 5.74) is 5.84. The van der Waals surface area contributed by atoms with Crippen molar-refractivity contribution in [2.45, 2.75) is 12.5 Å². The lowest BCUT2D eigenvalue weighted by Gasteiger charge is -2.12. The van der Waals surface area contributed by atoms with Gasteiger partial charge in [-0.15, -0.1) is 0 Å². The molecule has 0 aliphatic carbocycles. The van der Waals surface area contributed by atoms with Gasteiger partial charge in [0.05, 0.1) is 0 Å². The summed E-state index contributed by atoms with van der Waals surface area (Å²) in [6.45, 7) is -0.0855. The predicted octanol–water partition coefficient (Wildman–Crippen LogP) is 1.46. The van der Waals surface area contributed by atoms with Crippen LogP contribution in [0.4, 0.5) is 4.79 Å². The first-order chi connectivity index (χ1) is 7.22. The summed E-state index contributed by atoms with van der Waals surface area (Å²) in [7, 11) is 0. The Labute approximate surface area is 87.2 Å². The normalized spacial score (nSPS) is 11.7. The molecule has 1 aromatic rings. The molecule has 0 heterocycles. The first-order valence-corrected chi connectivity index (χ1v) is 4.51. The Morgan fingerprint density at radius 3 is 2.60 bits per heavy atom. The van der Waals surface area contributed by atoms with Crippen molar-refractivity contribution in [3.05, 3.63) is 40.8 Å². The van der Waals surface area contributed by atoms with Crippen LogP contribution in [-0.4, -0.2) is 18.7 Å². The number of nitrogens with two attached hydrogens (primary N) is 1. The first kappa shape index (κ1) is 11.2. The molecule has 0 saturated carbocycles. The zero-order valence-corrected chi connectivity index (χ0v) is 8.13. The minimum Gasteiger partial charge on any atom is -0.444 e. The van der Waals surface area contributed by atoms with Gasteiger partial charge in [0.15, 0.2) is 0 Å². The van der Waals surface area contributed by atoms with E-state index in [1.807, 2.05) is 30.3 Å². The summed E-state index contributed by atoms with van der Waals surface area (Å²) in [6, 6.07) is 9.37. The van der Waals surface area contributed by atoms with E-state index in [9.17, 15) is 9.70 Å². The van der Waals surface area contributed by atoms with Crippen LogP contribution in [-0.2, 0) is 11.2 Å². The van der Waals surface area contributed by atoms with Crippen LogP contribution in [0, 0.1) is 4.91 Å². The summed E-state index contributed by atoms with van der Waals surface area (Å²) < 4.78 is 4.74. The van der Waals surface area contributed by atoms with E-state index in [4.69, 9.17) is 10.5 Å². The third-order valence-electron chi connectivity index (χ3n) is 1.87. The van der Waals surface area contributed by atoms with Gasteiger partial charge in [-0.05, 0) is 5.56 Å². The lowest BCUT2D eigenvalue weighted by Crippen LogP contribution is -2.26. The summed E-state index contributed by atoms with van der Waals surface area (Å²) in [4.78, 5) is 20.6. The molecule has 1 rings (SSSR count). The average molecular weight is 208 g/mol. The molecule has 80 valence electrons. The number of nitrogens with zero attached hydrogens (tertiary/aromatic N) is 1. The minimum atomic E-state index is -0.889. The van der Waals surface area contributed by atoms with Gasteiger partial charge < -0.3 is 10.5 Å². The highest BCUT2D eigenvalue weighted by atomic mass is 16.6. The van der Waals surface area contributed by atoms with Crippen molar-refractivity contribution in [1.82, 2.24) is 0 Å². The number of carbonyl (C=O) groups is 1. The van der Waals surface area contributed by atoms with Crippen LogP contribution in [0.1, 0.15) is 5.56 Å². The average Bonchev–Trinajstić information content (AvgIpc) is 2.18. The molecule has 0 bridgehead atoms. The summed E-state index contributed by atoms with van der Waals surface area (Å²) in [5, 5.41) is 2.70. The summed E-state index contributed by atoms with van der Waals surface area (Å²) >= 11 is 0. The zero-order chi connectivity index (χ0) is 11.1. The van der Waals surface area contributed by atoms with Crippen molar-refractivity contribution in [2.24, 2.45) is 10.9 Å². The van der Waals surface area contributed by atoms with Crippen LogP contribution >= 0.6 is 0 Å². The van der Waals surface area contributed by atoms with E-state index < -0.39 is 12.2 Å². The van der Waals surface area contributed by atoms with E-state index in [2.05, 4.69) is 5.18 Å². The van der Waals surface area contributed by atoms with Gasteiger partial charge in [-0.25, -0.2) is 4.79 Å². The largest absolute Gasteiger partial charge is 0.444 e. The van der Waals surface area contributed by atoms with Gasteiger partial charge in [-0.3, -0.25) is 0 Å². The summed E-state index contributed by atoms with van der Waals surface area (Å²) in [6.07, 6.45) is -1.03. The fraction of sp³-hybridized carbons (Fsp3) is 0.300. The topological polar surface area (TPSA) is 81.8 Å². The van der Waals surface area contributed by atoms with Gasteiger partial charge in [0.25, 0.3) is 0 Å². The van der Waals surface area contributed by atoms with Crippen LogP contribution in [0.2, 0.25) is 0 Å². The van der Waals surface area contributed by atoms with E-state index in [0.29, 0.717) is 6.42 Å². The third-order valence-corrected chi connectivity index (χ3v) is 1.87. The molecule has 1 amide bonds. The molecule has 1 atom stereocenters. The molecule has 5 heteroatoms. The molecule has 15 heavy (non-hydrogen) atoms.